The van der Waals surface area contributed by atoms with E-state index in [0.29, 0.717) is 11.6 Å². The van der Waals surface area contributed by atoms with Crippen molar-refractivity contribution in [2.45, 2.75) is 13.0 Å². The van der Waals surface area contributed by atoms with Gasteiger partial charge in [-0.05, 0) is 55.4 Å². The molecular formula is C22H28ClN5O. The Balaban J connectivity index is 1.44. The molecule has 0 spiro atoms. The van der Waals surface area contributed by atoms with E-state index >= 15 is 0 Å². The predicted octanol–water partition coefficient (Wildman–Crippen LogP) is 2.80. The van der Waals surface area contributed by atoms with Crippen molar-refractivity contribution >= 4 is 28.9 Å². The monoisotopic (exact) mass is 413 g/mol. The molecule has 0 radical (unpaired) electrons. The van der Waals surface area contributed by atoms with Gasteiger partial charge in [0.1, 0.15) is 0 Å². The molecule has 2 aromatic rings. The van der Waals surface area contributed by atoms with Gasteiger partial charge in [-0.25, -0.2) is 5.43 Å². The van der Waals surface area contributed by atoms with Gasteiger partial charge in [0.2, 0.25) is 5.91 Å². The van der Waals surface area contributed by atoms with Gasteiger partial charge < -0.3 is 15.1 Å². The lowest BCUT2D eigenvalue weighted by Crippen LogP contribution is -2.44. The Kier molecular flexibility index (Phi) is 6.06. The summed E-state index contributed by atoms with van der Waals surface area (Å²) < 4.78 is 0. The number of hydrogen-bond acceptors (Lipinski definition) is 5. The van der Waals surface area contributed by atoms with Crippen LogP contribution in [-0.4, -0.2) is 50.6 Å². The van der Waals surface area contributed by atoms with Crippen LogP contribution in [0, 0.1) is 12.8 Å². The van der Waals surface area contributed by atoms with Crippen LogP contribution in [0.25, 0.3) is 0 Å². The molecule has 2 atom stereocenters. The fraction of sp³-hybridized carbons (Fsp3) is 0.409. The number of nitrogens with zero attached hydrogens (tertiary/aromatic N) is 2. The lowest BCUT2D eigenvalue weighted by molar-refractivity contribution is -0.119. The standard InChI is InChI=1S/C22H28ClN5O/c1-15-13-18(7-8-20(15)28-11-9-27(2)10-12-28)25-22(29)19-14-24-26-21(19)16-3-5-17(23)6-4-16/h3-8,13,19,21,24,26H,9-12,14H2,1-2H3,(H,25,29). The quantitative estimate of drug-likeness (QED) is 0.719. The molecule has 2 saturated heterocycles. The highest BCUT2D eigenvalue weighted by molar-refractivity contribution is 6.30. The average Bonchev–Trinajstić information content (AvgIpc) is 3.20. The van der Waals surface area contributed by atoms with E-state index in [-0.39, 0.29) is 17.9 Å². The largest absolute Gasteiger partial charge is 0.369 e. The number of halogens is 1. The van der Waals surface area contributed by atoms with E-state index in [1.165, 1.54) is 11.3 Å². The third-order valence-electron chi connectivity index (χ3n) is 5.86. The molecule has 2 aliphatic rings. The smallest absolute Gasteiger partial charge is 0.230 e. The van der Waals surface area contributed by atoms with Crippen LogP contribution in [0.5, 0.6) is 0 Å². The second kappa shape index (κ2) is 8.71. The van der Waals surface area contributed by atoms with E-state index in [1.54, 1.807) is 0 Å². The Morgan fingerprint density at radius 1 is 1.10 bits per heavy atom. The zero-order valence-corrected chi connectivity index (χ0v) is 17.7. The summed E-state index contributed by atoms with van der Waals surface area (Å²) in [7, 11) is 2.16. The van der Waals surface area contributed by atoms with Crippen LogP contribution in [-0.2, 0) is 4.79 Å². The minimum Gasteiger partial charge on any atom is -0.369 e. The summed E-state index contributed by atoms with van der Waals surface area (Å²) in [5.41, 5.74) is 10.6. The van der Waals surface area contributed by atoms with Gasteiger partial charge in [0.15, 0.2) is 0 Å². The maximum atomic E-state index is 13.0. The molecule has 2 fully saturated rings. The molecule has 2 aromatic carbocycles. The Morgan fingerprint density at radius 2 is 1.83 bits per heavy atom. The lowest BCUT2D eigenvalue weighted by Gasteiger charge is -2.35. The highest BCUT2D eigenvalue weighted by Crippen LogP contribution is 2.29. The SMILES string of the molecule is Cc1cc(NC(=O)C2CNNC2c2ccc(Cl)cc2)ccc1N1CCN(C)CC1. The zero-order valence-electron chi connectivity index (χ0n) is 16.9. The van der Waals surface area contributed by atoms with Gasteiger partial charge in [0.05, 0.1) is 12.0 Å². The first-order valence-electron chi connectivity index (χ1n) is 10.1. The van der Waals surface area contributed by atoms with Gasteiger partial charge in [0.25, 0.3) is 0 Å². The van der Waals surface area contributed by atoms with Gasteiger partial charge in [0, 0.05) is 49.1 Å². The number of anilines is 2. The number of likely N-dealkylation sites (N-methyl/N-ethyl adjacent to an activating group) is 1. The topological polar surface area (TPSA) is 59.6 Å². The summed E-state index contributed by atoms with van der Waals surface area (Å²) in [5, 5.41) is 3.79. The second-order valence-electron chi connectivity index (χ2n) is 7.94. The number of carbonyl (C=O) groups is 1. The molecule has 2 aliphatic heterocycles. The van der Waals surface area contributed by atoms with Gasteiger partial charge in [-0.3, -0.25) is 10.2 Å². The lowest BCUT2D eigenvalue weighted by atomic mass is 9.94. The summed E-state index contributed by atoms with van der Waals surface area (Å²) in [6.07, 6.45) is 0. The van der Waals surface area contributed by atoms with E-state index in [0.717, 1.165) is 37.4 Å². The van der Waals surface area contributed by atoms with Crippen molar-refractivity contribution in [3.8, 4) is 0 Å². The maximum absolute atomic E-state index is 13.0. The van der Waals surface area contributed by atoms with Gasteiger partial charge in [-0.15, -0.1) is 0 Å². The molecule has 0 bridgehead atoms. The van der Waals surface area contributed by atoms with E-state index in [4.69, 9.17) is 11.6 Å². The number of amides is 1. The minimum atomic E-state index is -0.200. The Hall–Kier alpha value is -2.12. The van der Waals surface area contributed by atoms with Crippen LogP contribution in [0.3, 0.4) is 0 Å². The number of nitrogens with one attached hydrogen (secondary N) is 3. The molecule has 154 valence electrons. The highest BCUT2D eigenvalue weighted by atomic mass is 35.5. The van der Waals surface area contributed by atoms with Crippen LogP contribution < -0.4 is 21.1 Å². The Morgan fingerprint density at radius 3 is 2.52 bits per heavy atom. The summed E-state index contributed by atoms with van der Waals surface area (Å²) in [6, 6.07) is 13.7. The molecule has 2 heterocycles. The Labute approximate surface area is 177 Å². The number of rotatable bonds is 4. The molecule has 1 amide bonds. The first-order valence-corrected chi connectivity index (χ1v) is 10.5. The fourth-order valence-corrected chi connectivity index (χ4v) is 4.22. The van der Waals surface area contributed by atoms with Crippen molar-refractivity contribution in [2.24, 2.45) is 5.92 Å². The molecular weight excluding hydrogens is 386 g/mol. The third-order valence-corrected chi connectivity index (χ3v) is 6.11. The van der Waals surface area contributed by atoms with Gasteiger partial charge >= 0.3 is 0 Å². The zero-order chi connectivity index (χ0) is 20.4. The van der Waals surface area contributed by atoms with E-state index < -0.39 is 0 Å². The first kappa shape index (κ1) is 20.2. The summed E-state index contributed by atoms with van der Waals surface area (Å²) >= 11 is 5.99. The van der Waals surface area contributed by atoms with Crippen molar-refractivity contribution in [1.82, 2.24) is 15.8 Å². The molecule has 2 unspecified atom stereocenters. The van der Waals surface area contributed by atoms with Crippen molar-refractivity contribution in [3.63, 3.8) is 0 Å². The first-order chi connectivity index (χ1) is 14.0. The van der Waals surface area contributed by atoms with Crippen molar-refractivity contribution in [2.75, 3.05) is 50.0 Å². The molecule has 0 saturated carbocycles. The van der Waals surface area contributed by atoms with Crippen molar-refractivity contribution < 1.29 is 4.79 Å². The van der Waals surface area contributed by atoms with Gasteiger partial charge in [-0.2, -0.15) is 0 Å². The van der Waals surface area contributed by atoms with Crippen LogP contribution in [0.2, 0.25) is 5.02 Å². The molecule has 4 rings (SSSR count). The number of aryl methyl sites for hydroxylation is 1. The fourth-order valence-electron chi connectivity index (χ4n) is 4.10. The molecule has 6 nitrogen and oxygen atoms in total. The van der Waals surface area contributed by atoms with Crippen LogP contribution in [0.15, 0.2) is 42.5 Å². The highest BCUT2D eigenvalue weighted by Gasteiger charge is 2.34. The van der Waals surface area contributed by atoms with Crippen LogP contribution >= 0.6 is 11.6 Å². The number of carbonyl (C=O) groups excluding carboxylic acids is 1. The average molecular weight is 414 g/mol. The third kappa shape index (κ3) is 4.56. The minimum absolute atomic E-state index is 0.00852. The van der Waals surface area contributed by atoms with Crippen LogP contribution in [0.1, 0.15) is 17.2 Å². The molecule has 7 heteroatoms. The second-order valence-corrected chi connectivity index (χ2v) is 8.38. The molecule has 0 aliphatic carbocycles. The van der Waals surface area contributed by atoms with E-state index in [2.05, 4.69) is 52.1 Å². The number of hydrazine groups is 1. The Bertz CT molecular complexity index is 864. The summed E-state index contributed by atoms with van der Waals surface area (Å²) in [6.45, 7) is 6.91. The number of benzene rings is 2. The normalized spacial score (nSPS) is 22.7. The molecule has 3 N–H and O–H groups in total. The number of hydrogen-bond donors (Lipinski definition) is 3. The summed E-state index contributed by atoms with van der Waals surface area (Å²) in [5.74, 6) is -0.192. The molecule has 29 heavy (non-hydrogen) atoms. The predicted molar refractivity (Wildman–Crippen MR) is 118 cm³/mol. The number of piperazine rings is 1. The van der Waals surface area contributed by atoms with Crippen molar-refractivity contribution in [1.29, 1.82) is 0 Å². The summed E-state index contributed by atoms with van der Waals surface area (Å²) in [4.78, 5) is 17.7. The molecule has 0 aromatic heterocycles. The van der Waals surface area contributed by atoms with E-state index in [1.807, 2.05) is 30.3 Å². The van der Waals surface area contributed by atoms with Gasteiger partial charge in [-0.1, -0.05) is 23.7 Å². The maximum Gasteiger partial charge on any atom is 0.230 e. The van der Waals surface area contributed by atoms with Crippen LogP contribution in [0.4, 0.5) is 11.4 Å². The van der Waals surface area contributed by atoms with Crippen molar-refractivity contribution in [3.05, 3.63) is 58.6 Å². The van der Waals surface area contributed by atoms with E-state index in [9.17, 15) is 4.79 Å².